The van der Waals surface area contributed by atoms with Gasteiger partial charge in [0.05, 0.1) is 23.6 Å². The van der Waals surface area contributed by atoms with Crippen molar-refractivity contribution in [1.82, 2.24) is 14.3 Å². The number of ether oxygens (including phenoxy) is 1. The molecule has 0 amide bonds. The quantitative estimate of drug-likeness (QED) is 0.724. The lowest BCUT2D eigenvalue weighted by Gasteiger charge is -2.34. The second kappa shape index (κ2) is 6.71. The Morgan fingerprint density at radius 2 is 1.92 bits per heavy atom. The minimum absolute atomic E-state index is 0.0190. The van der Waals surface area contributed by atoms with Crippen molar-refractivity contribution in [3.63, 3.8) is 0 Å². The van der Waals surface area contributed by atoms with Gasteiger partial charge in [-0.25, -0.2) is 4.98 Å². The highest BCUT2D eigenvalue weighted by Gasteiger charge is 2.23. The predicted molar refractivity (Wildman–Crippen MR) is 100 cm³/mol. The number of nitrogens with zero attached hydrogens (tertiary/aromatic N) is 3. The molecule has 0 radical (unpaired) electrons. The summed E-state index contributed by atoms with van der Waals surface area (Å²) >= 11 is 1.51. The van der Waals surface area contributed by atoms with Gasteiger partial charge in [0, 0.05) is 31.1 Å². The number of aromatic nitrogens is 2. The van der Waals surface area contributed by atoms with Gasteiger partial charge in [-0.3, -0.25) is 14.1 Å². The van der Waals surface area contributed by atoms with E-state index in [1.807, 2.05) is 35.7 Å². The molecule has 6 heteroatoms. The molecule has 4 rings (SSSR count). The van der Waals surface area contributed by atoms with Gasteiger partial charge in [0.25, 0.3) is 5.56 Å². The van der Waals surface area contributed by atoms with Crippen LogP contribution in [-0.4, -0.2) is 39.6 Å². The van der Waals surface area contributed by atoms with Crippen molar-refractivity contribution < 1.29 is 4.74 Å². The molecule has 2 atom stereocenters. The zero-order valence-electron chi connectivity index (χ0n) is 14.4. The van der Waals surface area contributed by atoms with Crippen LogP contribution >= 0.6 is 11.3 Å². The molecular formula is C19H21N3O2S. The molecule has 130 valence electrons. The van der Waals surface area contributed by atoms with Crippen LogP contribution in [0.1, 0.15) is 19.5 Å². The van der Waals surface area contributed by atoms with Crippen LogP contribution in [-0.2, 0) is 11.3 Å². The molecule has 1 aliphatic rings. The molecule has 25 heavy (non-hydrogen) atoms. The molecule has 5 nitrogen and oxygen atoms in total. The number of benzene rings is 1. The molecule has 1 fully saturated rings. The highest BCUT2D eigenvalue weighted by atomic mass is 32.1. The van der Waals surface area contributed by atoms with E-state index in [0.29, 0.717) is 6.54 Å². The molecule has 0 aliphatic carbocycles. The van der Waals surface area contributed by atoms with E-state index in [1.165, 1.54) is 11.3 Å². The standard InChI is InChI=1S/C19H21N3O2S/c1-13-9-21(10-14(2)24-13)11-16-8-18(23)22-17(12-25-19(22)20-16)15-6-4-3-5-7-15/h3-8,12-14H,9-11H2,1-2H3. The highest BCUT2D eigenvalue weighted by molar-refractivity contribution is 7.15. The van der Waals surface area contributed by atoms with Gasteiger partial charge >= 0.3 is 0 Å². The third kappa shape index (κ3) is 3.38. The van der Waals surface area contributed by atoms with Crippen LogP contribution in [0.4, 0.5) is 0 Å². The molecule has 1 aliphatic heterocycles. The van der Waals surface area contributed by atoms with E-state index in [9.17, 15) is 4.79 Å². The first-order chi connectivity index (χ1) is 12.1. The molecule has 0 spiro atoms. The van der Waals surface area contributed by atoms with Crippen molar-refractivity contribution in [2.24, 2.45) is 0 Å². The first-order valence-corrected chi connectivity index (χ1v) is 9.41. The number of morpholine rings is 1. The Bertz CT molecular complexity index is 925. The van der Waals surface area contributed by atoms with Crippen LogP contribution in [0.15, 0.2) is 46.6 Å². The monoisotopic (exact) mass is 355 g/mol. The van der Waals surface area contributed by atoms with Crippen LogP contribution in [0.25, 0.3) is 16.2 Å². The summed E-state index contributed by atoms with van der Waals surface area (Å²) < 4.78 is 7.48. The molecule has 2 unspecified atom stereocenters. The van der Waals surface area contributed by atoms with Gasteiger partial charge in [-0.1, -0.05) is 30.3 Å². The largest absolute Gasteiger partial charge is 0.373 e. The minimum atomic E-state index is -0.0190. The van der Waals surface area contributed by atoms with E-state index >= 15 is 0 Å². The zero-order chi connectivity index (χ0) is 17.4. The summed E-state index contributed by atoms with van der Waals surface area (Å²) in [6.07, 6.45) is 0.417. The molecule has 1 saturated heterocycles. The summed E-state index contributed by atoms with van der Waals surface area (Å²) in [6.45, 7) is 6.58. The lowest BCUT2D eigenvalue weighted by molar-refractivity contribution is -0.0707. The molecular weight excluding hydrogens is 334 g/mol. The fraction of sp³-hybridized carbons (Fsp3) is 0.368. The molecule has 1 aromatic carbocycles. The van der Waals surface area contributed by atoms with Gasteiger partial charge in [0.15, 0.2) is 4.96 Å². The van der Waals surface area contributed by atoms with Gasteiger partial charge in [-0.15, -0.1) is 11.3 Å². The van der Waals surface area contributed by atoms with Gasteiger partial charge in [0.1, 0.15) is 0 Å². The Kier molecular flexibility index (Phi) is 4.41. The average Bonchev–Trinajstić information content (AvgIpc) is 2.99. The molecule has 0 N–H and O–H groups in total. The van der Waals surface area contributed by atoms with Crippen molar-refractivity contribution in [3.8, 4) is 11.3 Å². The van der Waals surface area contributed by atoms with Gasteiger partial charge in [-0.2, -0.15) is 0 Å². The Morgan fingerprint density at radius 1 is 1.20 bits per heavy atom. The SMILES string of the molecule is CC1CN(Cc2cc(=O)n3c(-c4ccccc4)csc3n2)CC(C)O1. The maximum absolute atomic E-state index is 12.7. The normalized spacial score (nSPS) is 21.7. The molecule has 3 aromatic rings. The van der Waals surface area contributed by atoms with E-state index in [4.69, 9.17) is 9.72 Å². The van der Waals surface area contributed by atoms with Crippen molar-refractivity contribution in [2.75, 3.05) is 13.1 Å². The van der Waals surface area contributed by atoms with Crippen molar-refractivity contribution in [1.29, 1.82) is 0 Å². The number of hydrogen-bond donors (Lipinski definition) is 0. The molecule has 2 aromatic heterocycles. The molecule has 0 saturated carbocycles. The highest BCUT2D eigenvalue weighted by Crippen LogP contribution is 2.24. The van der Waals surface area contributed by atoms with E-state index in [1.54, 1.807) is 10.5 Å². The fourth-order valence-electron chi connectivity index (χ4n) is 3.50. The third-order valence-corrected chi connectivity index (χ3v) is 5.23. The Labute approximate surface area is 150 Å². The number of hydrogen-bond acceptors (Lipinski definition) is 5. The van der Waals surface area contributed by atoms with Gasteiger partial charge < -0.3 is 4.74 Å². The summed E-state index contributed by atoms with van der Waals surface area (Å²) in [5, 5.41) is 2.00. The van der Waals surface area contributed by atoms with Gasteiger partial charge in [0.2, 0.25) is 0 Å². The summed E-state index contributed by atoms with van der Waals surface area (Å²) in [5.41, 5.74) is 2.74. The summed E-state index contributed by atoms with van der Waals surface area (Å²) in [7, 11) is 0. The number of thiazole rings is 1. The van der Waals surface area contributed by atoms with Crippen LogP contribution in [0.2, 0.25) is 0 Å². The van der Waals surface area contributed by atoms with E-state index < -0.39 is 0 Å². The lowest BCUT2D eigenvalue weighted by Crippen LogP contribution is -2.45. The number of rotatable bonds is 3. The van der Waals surface area contributed by atoms with Crippen molar-refractivity contribution in [2.45, 2.75) is 32.6 Å². The van der Waals surface area contributed by atoms with Crippen molar-refractivity contribution >= 4 is 16.3 Å². The Balaban J connectivity index is 1.66. The van der Waals surface area contributed by atoms with Gasteiger partial charge in [-0.05, 0) is 19.4 Å². The topological polar surface area (TPSA) is 46.8 Å². The first kappa shape index (κ1) is 16.4. The maximum Gasteiger partial charge on any atom is 0.259 e. The lowest BCUT2D eigenvalue weighted by atomic mass is 10.2. The van der Waals surface area contributed by atoms with Crippen LogP contribution in [0, 0.1) is 0 Å². The number of fused-ring (bicyclic) bond motifs is 1. The maximum atomic E-state index is 12.7. The Morgan fingerprint density at radius 3 is 2.64 bits per heavy atom. The van der Waals surface area contributed by atoms with Crippen LogP contribution in [0.5, 0.6) is 0 Å². The first-order valence-electron chi connectivity index (χ1n) is 8.53. The predicted octanol–water partition coefficient (Wildman–Crippen LogP) is 3.03. The minimum Gasteiger partial charge on any atom is -0.373 e. The zero-order valence-corrected chi connectivity index (χ0v) is 15.2. The van der Waals surface area contributed by atoms with Crippen LogP contribution in [0.3, 0.4) is 0 Å². The summed E-state index contributed by atoms with van der Waals surface area (Å²) in [4.78, 5) is 20.5. The summed E-state index contributed by atoms with van der Waals surface area (Å²) in [6, 6.07) is 11.6. The smallest absolute Gasteiger partial charge is 0.259 e. The third-order valence-electron chi connectivity index (χ3n) is 4.41. The Hall–Kier alpha value is -2.02. The average molecular weight is 355 g/mol. The van der Waals surface area contributed by atoms with Crippen molar-refractivity contribution in [3.05, 3.63) is 57.8 Å². The second-order valence-electron chi connectivity index (χ2n) is 6.64. The molecule has 3 heterocycles. The second-order valence-corrected chi connectivity index (χ2v) is 7.48. The van der Waals surface area contributed by atoms with E-state index in [-0.39, 0.29) is 17.8 Å². The van der Waals surface area contributed by atoms with Crippen LogP contribution < -0.4 is 5.56 Å². The van der Waals surface area contributed by atoms with E-state index in [0.717, 1.165) is 35.0 Å². The fourth-order valence-corrected chi connectivity index (χ4v) is 4.42. The molecule has 0 bridgehead atoms. The van der Waals surface area contributed by atoms with E-state index in [2.05, 4.69) is 18.7 Å². The summed E-state index contributed by atoms with van der Waals surface area (Å²) in [5.74, 6) is 0.